The lowest BCUT2D eigenvalue weighted by Crippen LogP contribution is -2.37. The number of methoxy groups -OCH3 is 1. The zero-order valence-electron chi connectivity index (χ0n) is 12.9. The molecule has 2 rings (SSSR count). The van der Waals surface area contributed by atoms with Gasteiger partial charge in [-0.05, 0) is 43.1 Å². The minimum absolute atomic E-state index is 0.105. The van der Waals surface area contributed by atoms with E-state index in [4.69, 9.17) is 9.47 Å². The summed E-state index contributed by atoms with van der Waals surface area (Å²) in [6.07, 6.45) is 2.21. The van der Waals surface area contributed by atoms with E-state index >= 15 is 0 Å². The van der Waals surface area contributed by atoms with Crippen molar-refractivity contribution in [3.8, 4) is 0 Å². The summed E-state index contributed by atoms with van der Waals surface area (Å²) in [5.41, 5.74) is -0.509. The molecule has 21 heavy (non-hydrogen) atoms. The average Bonchev–Trinajstić information content (AvgIpc) is 2.93. The van der Waals surface area contributed by atoms with Gasteiger partial charge >= 0.3 is 6.09 Å². The molecular weight excluding hydrogens is 338 g/mol. The molecule has 0 saturated carbocycles. The lowest BCUT2D eigenvalue weighted by atomic mass is 10.1. The number of hydrogen-bond acceptors (Lipinski definition) is 4. The van der Waals surface area contributed by atoms with Crippen LogP contribution in [0.2, 0.25) is 0 Å². The lowest BCUT2D eigenvalue weighted by Gasteiger charge is -2.27. The molecule has 0 aliphatic carbocycles. The third kappa shape index (κ3) is 4.20. The summed E-state index contributed by atoms with van der Waals surface area (Å²) in [4.78, 5) is 21.6. The molecule has 1 aromatic heterocycles. The summed E-state index contributed by atoms with van der Waals surface area (Å²) in [6.45, 7) is 6.84. The molecule has 1 amide bonds. The summed E-state index contributed by atoms with van der Waals surface area (Å²) in [5, 5.41) is 0. The van der Waals surface area contributed by atoms with Crippen LogP contribution in [0.1, 0.15) is 39.1 Å². The molecule has 1 N–H and O–H groups in total. The van der Waals surface area contributed by atoms with E-state index in [2.05, 4.69) is 25.9 Å². The van der Waals surface area contributed by atoms with E-state index < -0.39 is 5.60 Å². The molecule has 1 saturated heterocycles. The maximum atomic E-state index is 12.4. The van der Waals surface area contributed by atoms with Gasteiger partial charge in [0, 0.05) is 19.6 Å². The number of ether oxygens (including phenoxy) is 2. The topological polar surface area (TPSA) is 67.5 Å². The molecule has 7 heteroatoms. The van der Waals surface area contributed by atoms with Gasteiger partial charge in [-0.15, -0.1) is 0 Å². The van der Waals surface area contributed by atoms with Gasteiger partial charge in [-0.1, -0.05) is 0 Å². The van der Waals surface area contributed by atoms with Crippen LogP contribution in [0.3, 0.4) is 0 Å². The third-order valence-corrected chi connectivity index (χ3v) is 3.70. The highest BCUT2D eigenvalue weighted by Gasteiger charge is 2.39. The highest BCUT2D eigenvalue weighted by Crippen LogP contribution is 2.35. The predicted molar refractivity (Wildman–Crippen MR) is 82.0 cm³/mol. The maximum Gasteiger partial charge on any atom is 0.410 e. The van der Waals surface area contributed by atoms with Crippen molar-refractivity contribution in [2.75, 3.05) is 20.3 Å². The Bertz CT molecular complexity index is 498. The fourth-order valence-electron chi connectivity index (χ4n) is 2.54. The Morgan fingerprint density at radius 3 is 2.81 bits per heavy atom. The fraction of sp³-hybridized carbons (Fsp3) is 0.714. The van der Waals surface area contributed by atoms with Crippen LogP contribution in [0.5, 0.6) is 0 Å². The number of H-pyrrole nitrogens is 1. The van der Waals surface area contributed by atoms with Crippen LogP contribution < -0.4 is 0 Å². The monoisotopic (exact) mass is 359 g/mol. The summed E-state index contributed by atoms with van der Waals surface area (Å²) in [6, 6.07) is -0.105. The fourth-order valence-corrected chi connectivity index (χ4v) is 2.85. The molecule has 1 aromatic rings. The van der Waals surface area contributed by atoms with Gasteiger partial charge in [-0.25, -0.2) is 9.78 Å². The Balaban J connectivity index is 2.16. The van der Waals surface area contributed by atoms with E-state index in [1.165, 1.54) is 0 Å². The van der Waals surface area contributed by atoms with Gasteiger partial charge in [0.1, 0.15) is 16.0 Å². The Morgan fingerprint density at radius 2 is 2.29 bits per heavy atom. The highest BCUT2D eigenvalue weighted by molar-refractivity contribution is 9.10. The van der Waals surface area contributed by atoms with E-state index in [0.717, 1.165) is 16.8 Å². The van der Waals surface area contributed by atoms with Crippen molar-refractivity contribution in [2.24, 2.45) is 5.92 Å². The van der Waals surface area contributed by atoms with Crippen molar-refractivity contribution in [2.45, 2.75) is 38.8 Å². The minimum Gasteiger partial charge on any atom is -0.444 e. The number of likely N-dealkylation sites (tertiary alicyclic amines) is 1. The molecule has 1 aliphatic rings. The molecule has 1 fully saturated rings. The van der Waals surface area contributed by atoms with Crippen molar-refractivity contribution >= 4 is 22.0 Å². The largest absolute Gasteiger partial charge is 0.444 e. The Labute approximate surface area is 133 Å². The van der Waals surface area contributed by atoms with Crippen molar-refractivity contribution < 1.29 is 14.3 Å². The van der Waals surface area contributed by atoms with Crippen molar-refractivity contribution in [1.82, 2.24) is 14.9 Å². The lowest BCUT2D eigenvalue weighted by molar-refractivity contribution is 0.0208. The van der Waals surface area contributed by atoms with Gasteiger partial charge in [0.2, 0.25) is 0 Å². The normalized spacial score (nSPS) is 22.6. The number of amides is 1. The number of rotatable bonds is 3. The number of nitrogens with one attached hydrogen (secondary N) is 1. The number of nitrogens with zero attached hydrogens (tertiary/aromatic N) is 2. The van der Waals surface area contributed by atoms with Gasteiger partial charge in [-0.2, -0.15) is 0 Å². The van der Waals surface area contributed by atoms with E-state index in [1.807, 2.05) is 20.8 Å². The Kier molecular flexibility index (Phi) is 4.93. The smallest absolute Gasteiger partial charge is 0.410 e. The van der Waals surface area contributed by atoms with Gasteiger partial charge in [0.25, 0.3) is 0 Å². The van der Waals surface area contributed by atoms with Crippen LogP contribution in [0.25, 0.3) is 0 Å². The van der Waals surface area contributed by atoms with Crippen LogP contribution in [-0.2, 0) is 9.47 Å². The zero-order valence-corrected chi connectivity index (χ0v) is 14.4. The van der Waals surface area contributed by atoms with Crippen LogP contribution >= 0.6 is 15.9 Å². The summed E-state index contributed by atoms with van der Waals surface area (Å²) >= 11 is 3.35. The van der Waals surface area contributed by atoms with Gasteiger partial charge in [-0.3, -0.25) is 4.90 Å². The first-order valence-electron chi connectivity index (χ1n) is 6.99. The van der Waals surface area contributed by atoms with Crippen molar-refractivity contribution in [3.05, 3.63) is 16.6 Å². The van der Waals surface area contributed by atoms with Gasteiger partial charge in [0.05, 0.1) is 18.8 Å². The Morgan fingerprint density at radius 1 is 1.57 bits per heavy atom. The number of aromatic nitrogens is 2. The number of aromatic amines is 1. The summed E-state index contributed by atoms with van der Waals surface area (Å²) < 4.78 is 11.5. The zero-order chi connectivity index (χ0) is 15.6. The first-order chi connectivity index (χ1) is 9.80. The molecule has 2 atom stereocenters. The van der Waals surface area contributed by atoms with Crippen LogP contribution in [0.4, 0.5) is 4.79 Å². The van der Waals surface area contributed by atoms with Crippen LogP contribution in [0.15, 0.2) is 10.8 Å². The molecule has 2 heterocycles. The maximum absolute atomic E-state index is 12.4. The summed E-state index contributed by atoms with van der Waals surface area (Å²) in [5.74, 6) is 1.06. The molecule has 0 bridgehead atoms. The van der Waals surface area contributed by atoms with Crippen LogP contribution in [-0.4, -0.2) is 46.8 Å². The molecule has 0 aromatic carbocycles. The van der Waals surface area contributed by atoms with E-state index in [9.17, 15) is 4.79 Å². The summed E-state index contributed by atoms with van der Waals surface area (Å²) in [7, 11) is 1.68. The predicted octanol–water partition coefficient (Wildman–Crippen LogP) is 3.12. The van der Waals surface area contributed by atoms with Crippen molar-refractivity contribution in [3.63, 3.8) is 0 Å². The molecule has 1 aliphatic heterocycles. The first-order valence-corrected chi connectivity index (χ1v) is 7.78. The molecule has 0 spiro atoms. The second-order valence-electron chi connectivity index (χ2n) is 6.32. The molecule has 6 nitrogen and oxygen atoms in total. The second-order valence-corrected chi connectivity index (χ2v) is 7.18. The molecule has 0 radical (unpaired) electrons. The number of hydrogen-bond donors (Lipinski definition) is 1. The van der Waals surface area contributed by atoms with E-state index in [-0.39, 0.29) is 18.1 Å². The quantitative estimate of drug-likeness (QED) is 0.899. The number of carbonyl (C=O) groups is 1. The highest BCUT2D eigenvalue weighted by atomic mass is 79.9. The van der Waals surface area contributed by atoms with Gasteiger partial charge in [0.15, 0.2) is 0 Å². The Hall–Kier alpha value is -1.08. The van der Waals surface area contributed by atoms with Crippen molar-refractivity contribution in [1.29, 1.82) is 0 Å². The van der Waals surface area contributed by atoms with E-state index in [1.54, 1.807) is 18.2 Å². The number of halogens is 1. The molecular formula is C14H22BrN3O3. The van der Waals surface area contributed by atoms with Crippen LogP contribution in [0, 0.1) is 5.92 Å². The number of carbonyl (C=O) groups excluding carboxylic acids is 1. The minimum atomic E-state index is -0.509. The standard InChI is InChI=1S/C14H22BrN3O3/c1-14(2,3)21-13(19)18-7-9(8-20-4)5-10(18)12-16-6-11(15)17-12/h6,9-10H,5,7-8H2,1-4H3,(H,16,17). The SMILES string of the molecule is COCC1CC(c2ncc(Br)[nH]2)N(C(=O)OC(C)(C)C)C1. The second kappa shape index (κ2) is 6.36. The number of imidazole rings is 1. The average molecular weight is 360 g/mol. The van der Waals surface area contributed by atoms with Gasteiger partial charge < -0.3 is 14.5 Å². The third-order valence-electron chi connectivity index (χ3n) is 3.30. The molecule has 118 valence electrons. The van der Waals surface area contributed by atoms with E-state index in [0.29, 0.717) is 13.2 Å². The molecule has 2 unspecified atom stereocenters. The first kappa shape index (κ1) is 16.3.